The van der Waals surface area contributed by atoms with Gasteiger partial charge in [0.05, 0.1) is 11.1 Å². The largest absolute Gasteiger partial charge is 0.511 e. The molecule has 0 fully saturated rings. The summed E-state index contributed by atoms with van der Waals surface area (Å²) in [7, 11) is 0. The molecule has 0 atom stereocenters. The molecule has 1 N–H and O–H groups in total. The van der Waals surface area contributed by atoms with Crippen LogP contribution in [-0.4, -0.2) is 17.0 Å². The van der Waals surface area contributed by atoms with Gasteiger partial charge in [0, 0.05) is 0 Å². The highest BCUT2D eigenvalue weighted by Crippen LogP contribution is 2.29. The molecule has 124 valence electrons. The Hall–Kier alpha value is -3.60. The Morgan fingerprint density at radius 3 is 1.84 bits per heavy atom. The lowest BCUT2D eigenvalue weighted by Crippen LogP contribution is -2.10. The van der Waals surface area contributed by atoms with Crippen LogP contribution in [0.2, 0.25) is 0 Å². The third kappa shape index (κ3) is 3.84. The fourth-order valence-corrected chi connectivity index (χ4v) is 2.34. The number of rotatable bonds is 5. The van der Waals surface area contributed by atoms with E-state index in [9.17, 15) is 9.59 Å². The minimum Gasteiger partial charge on any atom is -0.457 e. The van der Waals surface area contributed by atoms with E-state index in [4.69, 9.17) is 14.6 Å². The normalized spacial score (nSPS) is 10.1. The summed E-state index contributed by atoms with van der Waals surface area (Å²) >= 11 is 0. The number of ketones is 1. The van der Waals surface area contributed by atoms with Gasteiger partial charge in [0.2, 0.25) is 5.78 Å². The molecule has 0 radical (unpaired) electrons. The Morgan fingerprint density at radius 2 is 1.20 bits per heavy atom. The van der Waals surface area contributed by atoms with Gasteiger partial charge in [-0.2, -0.15) is 0 Å². The van der Waals surface area contributed by atoms with E-state index >= 15 is 0 Å². The fourth-order valence-electron chi connectivity index (χ4n) is 2.34. The second-order valence-corrected chi connectivity index (χ2v) is 5.10. The molecule has 0 saturated carbocycles. The molecule has 0 bridgehead atoms. The number of carbonyl (C=O) groups is 2. The number of ether oxygens (including phenoxy) is 2. The first-order valence-electron chi connectivity index (χ1n) is 7.51. The lowest BCUT2D eigenvalue weighted by Gasteiger charge is -2.12. The maximum atomic E-state index is 12.9. The summed E-state index contributed by atoms with van der Waals surface area (Å²) < 4.78 is 10.5. The van der Waals surface area contributed by atoms with Crippen LogP contribution >= 0.6 is 0 Å². The summed E-state index contributed by atoms with van der Waals surface area (Å²) in [6.45, 7) is 0. The third-order valence-electron chi connectivity index (χ3n) is 3.43. The smallest absolute Gasteiger partial charge is 0.457 e. The quantitative estimate of drug-likeness (QED) is 0.413. The van der Waals surface area contributed by atoms with Gasteiger partial charge < -0.3 is 14.6 Å². The van der Waals surface area contributed by atoms with Gasteiger partial charge in [-0.3, -0.25) is 4.79 Å². The highest BCUT2D eigenvalue weighted by Gasteiger charge is 2.19. The van der Waals surface area contributed by atoms with Crippen LogP contribution in [0.5, 0.6) is 17.2 Å². The van der Waals surface area contributed by atoms with E-state index in [0.717, 1.165) is 0 Å². The summed E-state index contributed by atoms with van der Waals surface area (Å²) in [6, 6.07) is 22.0. The number of carbonyl (C=O) groups excluding carboxylic acids is 1. The maximum absolute atomic E-state index is 12.9. The molecular weight excluding hydrogens is 320 g/mol. The van der Waals surface area contributed by atoms with Crippen LogP contribution in [0.3, 0.4) is 0 Å². The minimum atomic E-state index is -1.48. The molecule has 0 saturated heterocycles. The van der Waals surface area contributed by atoms with Gasteiger partial charge in [0.25, 0.3) is 0 Å². The van der Waals surface area contributed by atoms with E-state index in [1.54, 1.807) is 48.5 Å². The van der Waals surface area contributed by atoms with Crippen molar-refractivity contribution in [2.24, 2.45) is 0 Å². The van der Waals surface area contributed by atoms with Gasteiger partial charge in [0.1, 0.15) is 17.2 Å². The molecule has 0 amide bonds. The molecule has 3 aromatic carbocycles. The molecule has 3 rings (SSSR count). The minimum absolute atomic E-state index is 0.0190. The molecule has 0 spiro atoms. The number of para-hydroxylation sites is 3. The zero-order chi connectivity index (χ0) is 17.6. The van der Waals surface area contributed by atoms with Crippen molar-refractivity contribution in [1.29, 1.82) is 0 Å². The number of hydrogen-bond acceptors (Lipinski definition) is 4. The van der Waals surface area contributed by atoms with Crippen LogP contribution in [-0.2, 0) is 0 Å². The van der Waals surface area contributed by atoms with Crippen LogP contribution in [0.15, 0.2) is 78.9 Å². The van der Waals surface area contributed by atoms with Crippen molar-refractivity contribution in [3.05, 3.63) is 90.0 Å². The number of hydrogen-bond donors (Lipinski definition) is 1. The monoisotopic (exact) mass is 334 g/mol. The van der Waals surface area contributed by atoms with Gasteiger partial charge in [0.15, 0.2) is 0 Å². The Labute approximate surface area is 144 Å². The lowest BCUT2D eigenvalue weighted by molar-refractivity contribution is 0.103. The molecule has 5 heteroatoms. The van der Waals surface area contributed by atoms with Crippen LogP contribution in [0.25, 0.3) is 0 Å². The first kappa shape index (κ1) is 16.3. The van der Waals surface area contributed by atoms with E-state index in [1.807, 2.05) is 18.2 Å². The Morgan fingerprint density at radius 1 is 0.680 bits per heavy atom. The summed E-state index contributed by atoms with van der Waals surface area (Å²) in [6.07, 6.45) is -1.48. The second kappa shape index (κ2) is 7.31. The topological polar surface area (TPSA) is 72.8 Å². The maximum Gasteiger partial charge on any atom is 0.511 e. The van der Waals surface area contributed by atoms with Gasteiger partial charge in [-0.05, 0) is 36.4 Å². The van der Waals surface area contributed by atoms with E-state index in [-0.39, 0.29) is 17.1 Å². The zero-order valence-electron chi connectivity index (χ0n) is 13.1. The highest BCUT2D eigenvalue weighted by atomic mass is 16.7. The van der Waals surface area contributed by atoms with Crippen LogP contribution in [0.1, 0.15) is 15.9 Å². The van der Waals surface area contributed by atoms with Crippen molar-refractivity contribution in [2.75, 3.05) is 0 Å². The standard InChI is InChI=1S/C20H14O5/c21-19(16-11-5-7-13-18(16)25-20(22)23)15-10-4-6-12-17(15)24-14-8-2-1-3-9-14/h1-13H,(H,22,23). The van der Waals surface area contributed by atoms with Crippen molar-refractivity contribution in [3.8, 4) is 17.2 Å². The molecule has 3 aromatic rings. The third-order valence-corrected chi connectivity index (χ3v) is 3.43. The molecular formula is C20H14O5. The molecule has 25 heavy (non-hydrogen) atoms. The van der Waals surface area contributed by atoms with Crippen molar-refractivity contribution >= 4 is 11.9 Å². The molecule has 5 nitrogen and oxygen atoms in total. The van der Waals surface area contributed by atoms with Gasteiger partial charge in [-0.25, -0.2) is 4.79 Å². The number of benzene rings is 3. The predicted molar refractivity (Wildman–Crippen MR) is 91.5 cm³/mol. The van der Waals surface area contributed by atoms with Crippen molar-refractivity contribution in [1.82, 2.24) is 0 Å². The summed E-state index contributed by atoms with van der Waals surface area (Å²) in [4.78, 5) is 23.7. The molecule has 0 unspecified atom stereocenters. The first-order valence-corrected chi connectivity index (χ1v) is 7.51. The highest BCUT2D eigenvalue weighted by molar-refractivity contribution is 6.12. The number of carboxylic acid groups (broad SMARTS) is 1. The van der Waals surface area contributed by atoms with Gasteiger partial charge in [-0.1, -0.05) is 42.5 Å². The van der Waals surface area contributed by atoms with Crippen molar-refractivity contribution < 1.29 is 24.2 Å². The molecule has 0 aliphatic heterocycles. The van der Waals surface area contributed by atoms with Gasteiger partial charge >= 0.3 is 6.16 Å². The molecule has 0 aliphatic carbocycles. The van der Waals surface area contributed by atoms with Crippen LogP contribution in [0, 0.1) is 0 Å². The van der Waals surface area contributed by atoms with Crippen molar-refractivity contribution in [2.45, 2.75) is 0 Å². The van der Waals surface area contributed by atoms with E-state index in [0.29, 0.717) is 17.1 Å². The van der Waals surface area contributed by atoms with Crippen LogP contribution in [0.4, 0.5) is 4.79 Å². The van der Waals surface area contributed by atoms with E-state index < -0.39 is 6.16 Å². The Balaban J connectivity index is 1.97. The summed E-state index contributed by atoms with van der Waals surface area (Å²) in [5.74, 6) is 0.569. The Kier molecular flexibility index (Phi) is 4.76. The molecule has 0 aromatic heterocycles. The SMILES string of the molecule is O=C(O)Oc1ccccc1C(=O)c1ccccc1Oc1ccccc1. The average Bonchev–Trinajstić information content (AvgIpc) is 2.62. The van der Waals surface area contributed by atoms with Crippen molar-refractivity contribution in [3.63, 3.8) is 0 Å². The Bertz CT molecular complexity index is 903. The predicted octanol–water partition coefficient (Wildman–Crippen LogP) is 4.77. The zero-order valence-corrected chi connectivity index (χ0v) is 13.1. The molecule has 0 heterocycles. The van der Waals surface area contributed by atoms with E-state index in [1.165, 1.54) is 12.1 Å². The second-order valence-electron chi connectivity index (χ2n) is 5.10. The summed E-state index contributed by atoms with van der Waals surface area (Å²) in [5, 5.41) is 8.83. The van der Waals surface area contributed by atoms with Crippen LogP contribution < -0.4 is 9.47 Å². The van der Waals surface area contributed by atoms with E-state index in [2.05, 4.69) is 0 Å². The summed E-state index contributed by atoms with van der Waals surface area (Å²) in [5.41, 5.74) is 0.460. The first-order chi connectivity index (χ1) is 12.1. The van der Waals surface area contributed by atoms with Gasteiger partial charge in [-0.15, -0.1) is 0 Å². The average molecular weight is 334 g/mol. The fraction of sp³-hybridized carbons (Fsp3) is 0. The lowest BCUT2D eigenvalue weighted by atomic mass is 10.0. The molecule has 0 aliphatic rings.